The van der Waals surface area contributed by atoms with Gasteiger partial charge in [-0.25, -0.2) is 0 Å². The van der Waals surface area contributed by atoms with Crippen LogP contribution < -0.4 is 10.6 Å². The standard InChI is InChI=1S/C19H18ClN3O2/c1-13-10-14-4-2-3-5-17(14)23(13)12-19(25)21-11-18(24)22-16-8-6-15(20)7-9-16/h2-10H,11-12H2,1H3,(H,21,25)(H,22,24). The fourth-order valence-electron chi connectivity index (χ4n) is 2.67. The van der Waals surface area contributed by atoms with Crippen LogP contribution in [-0.2, 0) is 16.1 Å². The van der Waals surface area contributed by atoms with Gasteiger partial charge in [-0.2, -0.15) is 0 Å². The number of benzene rings is 2. The maximum atomic E-state index is 12.2. The van der Waals surface area contributed by atoms with Gasteiger partial charge in [0, 0.05) is 21.9 Å². The average Bonchev–Trinajstić information content (AvgIpc) is 2.91. The fraction of sp³-hybridized carbons (Fsp3) is 0.158. The molecule has 128 valence electrons. The monoisotopic (exact) mass is 355 g/mol. The Bertz CT molecular complexity index is 916. The Labute approximate surface area is 150 Å². The SMILES string of the molecule is Cc1cc2ccccc2n1CC(=O)NCC(=O)Nc1ccc(Cl)cc1. The molecule has 2 aromatic carbocycles. The molecule has 5 nitrogen and oxygen atoms in total. The maximum absolute atomic E-state index is 12.2. The summed E-state index contributed by atoms with van der Waals surface area (Å²) < 4.78 is 1.93. The van der Waals surface area contributed by atoms with Crippen LogP contribution in [0.1, 0.15) is 5.69 Å². The first-order valence-corrected chi connectivity index (χ1v) is 8.28. The predicted molar refractivity (Wildman–Crippen MR) is 99.8 cm³/mol. The van der Waals surface area contributed by atoms with E-state index in [4.69, 9.17) is 11.6 Å². The number of para-hydroxylation sites is 1. The number of aryl methyl sites for hydroxylation is 1. The number of halogens is 1. The highest BCUT2D eigenvalue weighted by molar-refractivity contribution is 6.30. The fourth-order valence-corrected chi connectivity index (χ4v) is 2.80. The first-order chi connectivity index (χ1) is 12.0. The quantitative estimate of drug-likeness (QED) is 0.737. The van der Waals surface area contributed by atoms with E-state index < -0.39 is 0 Å². The third-order valence-corrected chi connectivity index (χ3v) is 4.15. The van der Waals surface area contributed by atoms with E-state index in [0.29, 0.717) is 10.7 Å². The summed E-state index contributed by atoms with van der Waals surface area (Å²) in [5.74, 6) is -0.500. The van der Waals surface area contributed by atoms with Gasteiger partial charge in [0.2, 0.25) is 11.8 Å². The second kappa shape index (κ2) is 7.40. The minimum atomic E-state index is -0.287. The molecule has 2 N–H and O–H groups in total. The van der Waals surface area contributed by atoms with Crippen LogP contribution in [0.25, 0.3) is 10.9 Å². The van der Waals surface area contributed by atoms with Gasteiger partial charge in [0.15, 0.2) is 0 Å². The topological polar surface area (TPSA) is 63.1 Å². The van der Waals surface area contributed by atoms with Gasteiger partial charge in [0.1, 0.15) is 6.54 Å². The Kier molecular flexibility index (Phi) is 5.05. The lowest BCUT2D eigenvalue weighted by molar-refractivity contribution is -0.124. The number of rotatable bonds is 5. The van der Waals surface area contributed by atoms with E-state index in [2.05, 4.69) is 10.6 Å². The molecule has 0 atom stereocenters. The number of carbonyl (C=O) groups is 2. The molecule has 0 saturated heterocycles. The molecule has 0 fully saturated rings. The number of fused-ring (bicyclic) bond motifs is 1. The van der Waals surface area contributed by atoms with Crippen molar-refractivity contribution in [3.63, 3.8) is 0 Å². The van der Waals surface area contributed by atoms with Crippen LogP contribution in [0.15, 0.2) is 54.6 Å². The summed E-state index contributed by atoms with van der Waals surface area (Å²) >= 11 is 5.80. The van der Waals surface area contributed by atoms with Crippen molar-refractivity contribution in [2.45, 2.75) is 13.5 Å². The molecular formula is C19H18ClN3O2. The number of aromatic nitrogens is 1. The number of carbonyl (C=O) groups excluding carboxylic acids is 2. The molecule has 0 aliphatic heterocycles. The normalized spacial score (nSPS) is 10.6. The molecule has 0 bridgehead atoms. The maximum Gasteiger partial charge on any atom is 0.243 e. The molecule has 3 aromatic rings. The Balaban J connectivity index is 1.56. The minimum Gasteiger partial charge on any atom is -0.345 e. The summed E-state index contributed by atoms with van der Waals surface area (Å²) in [6.45, 7) is 2.05. The molecule has 1 heterocycles. The van der Waals surface area contributed by atoms with Crippen molar-refractivity contribution in [1.29, 1.82) is 0 Å². The van der Waals surface area contributed by atoms with Crippen molar-refractivity contribution in [3.05, 3.63) is 65.3 Å². The Hall–Kier alpha value is -2.79. The molecule has 0 saturated carbocycles. The molecule has 0 radical (unpaired) electrons. The van der Waals surface area contributed by atoms with E-state index in [-0.39, 0.29) is 24.9 Å². The highest BCUT2D eigenvalue weighted by Crippen LogP contribution is 2.18. The van der Waals surface area contributed by atoms with E-state index in [9.17, 15) is 9.59 Å². The zero-order chi connectivity index (χ0) is 17.8. The van der Waals surface area contributed by atoms with Crippen LogP contribution in [0.2, 0.25) is 5.02 Å². The summed E-state index contributed by atoms with van der Waals surface area (Å²) in [5.41, 5.74) is 2.64. The molecule has 0 aliphatic rings. The number of hydrogen-bond donors (Lipinski definition) is 2. The Morgan fingerprint density at radius 2 is 1.76 bits per heavy atom. The molecule has 0 aliphatic carbocycles. The Morgan fingerprint density at radius 1 is 1.04 bits per heavy atom. The van der Waals surface area contributed by atoms with Crippen molar-refractivity contribution < 1.29 is 9.59 Å². The molecular weight excluding hydrogens is 338 g/mol. The number of anilines is 1. The highest BCUT2D eigenvalue weighted by atomic mass is 35.5. The van der Waals surface area contributed by atoms with E-state index >= 15 is 0 Å². The number of amides is 2. The average molecular weight is 356 g/mol. The first kappa shape index (κ1) is 17.0. The van der Waals surface area contributed by atoms with Gasteiger partial charge in [-0.1, -0.05) is 29.8 Å². The zero-order valence-electron chi connectivity index (χ0n) is 13.8. The zero-order valence-corrected chi connectivity index (χ0v) is 14.5. The minimum absolute atomic E-state index is 0.0836. The summed E-state index contributed by atoms with van der Waals surface area (Å²) in [6.07, 6.45) is 0. The van der Waals surface area contributed by atoms with E-state index in [0.717, 1.165) is 16.6 Å². The van der Waals surface area contributed by atoms with Crippen LogP contribution in [0.5, 0.6) is 0 Å². The first-order valence-electron chi connectivity index (χ1n) is 7.90. The van der Waals surface area contributed by atoms with E-state index in [1.165, 1.54) is 0 Å². The molecule has 2 amide bonds. The third-order valence-electron chi connectivity index (χ3n) is 3.89. The lowest BCUT2D eigenvalue weighted by atomic mass is 10.2. The summed E-state index contributed by atoms with van der Waals surface area (Å²) in [4.78, 5) is 24.1. The summed E-state index contributed by atoms with van der Waals surface area (Å²) in [5, 5.41) is 7.04. The van der Waals surface area contributed by atoms with Gasteiger partial charge in [-0.15, -0.1) is 0 Å². The third kappa shape index (κ3) is 4.19. The second-order valence-electron chi connectivity index (χ2n) is 5.76. The largest absolute Gasteiger partial charge is 0.345 e. The molecule has 0 spiro atoms. The van der Waals surface area contributed by atoms with E-state index in [1.54, 1.807) is 24.3 Å². The van der Waals surface area contributed by atoms with Gasteiger partial charge in [0.05, 0.1) is 6.54 Å². The van der Waals surface area contributed by atoms with Crippen LogP contribution in [0, 0.1) is 6.92 Å². The van der Waals surface area contributed by atoms with Crippen LogP contribution in [0.4, 0.5) is 5.69 Å². The smallest absolute Gasteiger partial charge is 0.243 e. The van der Waals surface area contributed by atoms with Crippen molar-refractivity contribution >= 4 is 40.0 Å². The van der Waals surface area contributed by atoms with Gasteiger partial charge >= 0.3 is 0 Å². The van der Waals surface area contributed by atoms with Crippen LogP contribution in [0.3, 0.4) is 0 Å². The van der Waals surface area contributed by atoms with Crippen LogP contribution in [-0.4, -0.2) is 22.9 Å². The van der Waals surface area contributed by atoms with Crippen molar-refractivity contribution in [2.75, 3.05) is 11.9 Å². The van der Waals surface area contributed by atoms with Crippen LogP contribution >= 0.6 is 11.6 Å². The molecule has 1 aromatic heterocycles. The van der Waals surface area contributed by atoms with E-state index in [1.807, 2.05) is 41.8 Å². The molecule has 3 rings (SSSR count). The van der Waals surface area contributed by atoms with Gasteiger partial charge < -0.3 is 15.2 Å². The van der Waals surface area contributed by atoms with Gasteiger partial charge in [-0.3, -0.25) is 9.59 Å². The van der Waals surface area contributed by atoms with Gasteiger partial charge in [0.25, 0.3) is 0 Å². The lowest BCUT2D eigenvalue weighted by Crippen LogP contribution is -2.35. The van der Waals surface area contributed by atoms with Crippen molar-refractivity contribution in [1.82, 2.24) is 9.88 Å². The Morgan fingerprint density at radius 3 is 2.52 bits per heavy atom. The van der Waals surface area contributed by atoms with Gasteiger partial charge in [-0.05, 0) is 48.7 Å². The summed E-state index contributed by atoms with van der Waals surface area (Å²) in [7, 11) is 0. The number of nitrogens with one attached hydrogen (secondary N) is 2. The molecule has 25 heavy (non-hydrogen) atoms. The van der Waals surface area contributed by atoms with Crippen molar-refractivity contribution in [3.8, 4) is 0 Å². The lowest BCUT2D eigenvalue weighted by Gasteiger charge is -2.10. The molecule has 6 heteroatoms. The number of nitrogens with zero attached hydrogens (tertiary/aromatic N) is 1. The van der Waals surface area contributed by atoms with Crippen molar-refractivity contribution in [2.24, 2.45) is 0 Å². The second-order valence-corrected chi connectivity index (χ2v) is 6.20. The predicted octanol–water partition coefficient (Wildman–Crippen LogP) is 3.36. The highest BCUT2D eigenvalue weighted by Gasteiger charge is 2.10. The summed E-state index contributed by atoms with van der Waals surface area (Å²) in [6, 6.07) is 16.7. The molecule has 0 unspecified atom stereocenters. The number of hydrogen-bond acceptors (Lipinski definition) is 2.